The zero-order valence-corrected chi connectivity index (χ0v) is 6.46. The summed E-state index contributed by atoms with van der Waals surface area (Å²) in [5, 5.41) is 0. The molecule has 11 heavy (non-hydrogen) atoms. The van der Waals surface area contributed by atoms with Crippen molar-refractivity contribution >= 4 is 0 Å². The largest absolute Gasteiger partial charge is 0.0312 e. The summed E-state index contributed by atoms with van der Waals surface area (Å²) in [6, 6.07) is 0. The molecule has 0 spiro atoms. The van der Waals surface area contributed by atoms with Gasteiger partial charge in [-0.3, -0.25) is 0 Å². The monoisotopic (exact) mass is 196 g/mol. The van der Waals surface area contributed by atoms with Gasteiger partial charge in [-0.05, 0) is 64.0 Å². The Balaban J connectivity index is 0.000000364. The molecule has 0 aromatic heterocycles. The molecule has 2 fully saturated rings. The number of rotatable bonds is 0. The molecular weight excluding hydrogens is 176 g/mol. The summed E-state index contributed by atoms with van der Waals surface area (Å²) in [6.07, 6.45) is -3.24. The predicted octanol–water partition coefficient (Wildman–Crippen LogP) is 2.04. The zero-order chi connectivity index (χ0) is 15.8. The van der Waals surface area contributed by atoms with Crippen molar-refractivity contribution in [3.05, 3.63) is 64.0 Å². The van der Waals surface area contributed by atoms with E-state index < -0.39 is 0 Å². The summed E-state index contributed by atoms with van der Waals surface area (Å²) in [7, 11) is 0. The minimum absolute atomic E-state index is 0. The van der Waals surface area contributed by atoms with Crippen LogP contribution in [0.15, 0.2) is 0 Å². The quantitative estimate of drug-likeness (QED) is 0.520. The number of hydrogen-bond donors (Lipinski definition) is 0. The molecule has 0 N–H and O–H groups in total. The molecule has 2 saturated carbocycles. The van der Waals surface area contributed by atoms with E-state index in [-0.39, 0.29) is 81.0 Å². The average Bonchev–Trinajstić information content (AvgIpc) is 2.71. The van der Waals surface area contributed by atoms with Gasteiger partial charge in [0, 0.05) is 30.8 Å². The van der Waals surface area contributed by atoms with E-state index in [1.807, 2.05) is 0 Å². The first-order valence-corrected chi connectivity index (χ1v) is 2.50. The van der Waals surface area contributed by atoms with E-state index in [1.54, 1.807) is 0 Å². The molecule has 0 bridgehead atoms. The van der Waals surface area contributed by atoms with Crippen molar-refractivity contribution in [1.82, 2.24) is 0 Å². The molecule has 0 amide bonds. The van der Waals surface area contributed by atoms with Gasteiger partial charge in [0.15, 0.2) is 0 Å². The average molecular weight is 196 g/mol. The topological polar surface area (TPSA) is 0 Å². The van der Waals surface area contributed by atoms with Crippen molar-refractivity contribution < 1.29 is 30.8 Å². The van der Waals surface area contributed by atoms with Gasteiger partial charge in [0.2, 0.25) is 0 Å². The maximum atomic E-state index is 6.99. The summed E-state index contributed by atoms with van der Waals surface area (Å²) in [4.78, 5) is 0. The molecule has 0 aliphatic heterocycles. The smallest absolute Gasteiger partial charge is 0.0312 e. The molecule has 0 nitrogen and oxygen atoms in total. The Kier molecular flexibility index (Phi) is 2.37. The van der Waals surface area contributed by atoms with Crippen LogP contribution >= 0.6 is 0 Å². The molecule has 0 saturated heterocycles. The van der Waals surface area contributed by atoms with Crippen LogP contribution in [-0.2, 0) is 17.1 Å². The van der Waals surface area contributed by atoms with Gasteiger partial charge in [-0.15, -0.1) is 0 Å². The maximum Gasteiger partial charge on any atom is 0.0312 e. The van der Waals surface area contributed by atoms with Gasteiger partial charge in [0.1, 0.15) is 0 Å². The van der Waals surface area contributed by atoms with Crippen LogP contribution in [0, 0.1) is 64.0 Å². The second kappa shape index (κ2) is 8.61. The molecule has 2 rings (SSSR count). The molecular formula is C10H10Fe. The van der Waals surface area contributed by atoms with Gasteiger partial charge >= 0.3 is 0 Å². The van der Waals surface area contributed by atoms with E-state index >= 15 is 0 Å². The van der Waals surface area contributed by atoms with Gasteiger partial charge in [-0.25, -0.2) is 0 Å². The van der Waals surface area contributed by atoms with Gasteiger partial charge < -0.3 is 0 Å². The summed E-state index contributed by atoms with van der Waals surface area (Å²) >= 11 is 0. The fourth-order valence-electron chi connectivity index (χ4n) is 0.312. The fraction of sp³-hybridized carbons (Fsp3) is 0. The Hall–Kier alpha value is 0.519. The summed E-state index contributed by atoms with van der Waals surface area (Å²) < 4.78 is 69.9. The van der Waals surface area contributed by atoms with Gasteiger partial charge in [0.05, 0.1) is 0 Å². The van der Waals surface area contributed by atoms with Gasteiger partial charge in [-0.1, -0.05) is 0 Å². The van der Waals surface area contributed by atoms with Crippen LogP contribution in [0.4, 0.5) is 0 Å². The molecule has 10 radical (unpaired) electrons. The minimum atomic E-state index is -0.324. The second-order valence-corrected chi connectivity index (χ2v) is 1.25. The van der Waals surface area contributed by atoms with Gasteiger partial charge in [0.25, 0.3) is 0 Å². The SMILES string of the molecule is [2H][C]1[C]([2H])[C]([2H])[C]([2H])[C]1[2H].[2H][C]1[C]([2H])[C]([2H])[C]([2H])[C]1[2H].[Fe]. The van der Waals surface area contributed by atoms with E-state index in [0.717, 1.165) is 0 Å². The van der Waals surface area contributed by atoms with Crippen LogP contribution in [0.5, 0.6) is 0 Å². The van der Waals surface area contributed by atoms with Crippen LogP contribution < -0.4 is 0 Å². The Morgan fingerprint density at radius 2 is 0.545 bits per heavy atom. The van der Waals surface area contributed by atoms with Gasteiger partial charge in [-0.2, -0.15) is 0 Å². The van der Waals surface area contributed by atoms with E-state index in [0.29, 0.717) is 0 Å². The molecule has 0 aromatic rings. The van der Waals surface area contributed by atoms with E-state index in [9.17, 15) is 0 Å². The summed E-state index contributed by atoms with van der Waals surface area (Å²) in [5.74, 6) is 0. The first-order chi connectivity index (χ1) is 9.11. The second-order valence-electron chi connectivity index (χ2n) is 1.25. The minimum Gasteiger partial charge on any atom is -0.0312 e. The molecule has 2 aliphatic carbocycles. The van der Waals surface area contributed by atoms with Crippen molar-refractivity contribution in [2.45, 2.75) is 0 Å². The maximum absolute atomic E-state index is 6.99. The third-order valence-corrected chi connectivity index (χ3v) is 0.625. The first-order valence-electron chi connectivity index (χ1n) is 7.50. The van der Waals surface area contributed by atoms with Crippen LogP contribution in [0.25, 0.3) is 0 Å². The predicted molar refractivity (Wildman–Crippen MR) is 43.0 cm³/mol. The van der Waals surface area contributed by atoms with Crippen molar-refractivity contribution in [1.29, 1.82) is 0 Å². The summed E-state index contributed by atoms with van der Waals surface area (Å²) in [6.45, 7) is 0. The van der Waals surface area contributed by atoms with Crippen molar-refractivity contribution in [2.24, 2.45) is 0 Å². The number of hydrogen-bond acceptors (Lipinski definition) is 0. The standard InChI is InChI=1S/2C5H5.Fe/c2*1-2-4-5-3-1;/h2*1-5H;/i2*1D,2D,3D,4D,5D;. The van der Waals surface area contributed by atoms with E-state index in [1.165, 1.54) is 0 Å². The third kappa shape index (κ3) is 6.90. The molecule has 0 unspecified atom stereocenters. The third-order valence-electron chi connectivity index (χ3n) is 0.625. The molecule has 0 atom stereocenters. The van der Waals surface area contributed by atoms with Crippen LogP contribution in [-0.4, -0.2) is 0 Å². The Labute approximate surface area is 95.7 Å². The first kappa shape index (κ1) is 3.03. The molecule has 1 heteroatoms. The van der Waals surface area contributed by atoms with E-state index in [4.69, 9.17) is 13.7 Å². The van der Waals surface area contributed by atoms with Crippen molar-refractivity contribution in [3.63, 3.8) is 0 Å². The van der Waals surface area contributed by atoms with E-state index in [2.05, 4.69) is 0 Å². The van der Waals surface area contributed by atoms with Crippen LogP contribution in [0.1, 0.15) is 13.7 Å². The zero-order valence-electron chi connectivity index (χ0n) is 15.4. The Morgan fingerprint density at radius 3 is 0.636 bits per heavy atom. The van der Waals surface area contributed by atoms with Crippen molar-refractivity contribution in [2.75, 3.05) is 0 Å². The van der Waals surface area contributed by atoms with Crippen LogP contribution in [0.3, 0.4) is 0 Å². The molecule has 0 heterocycles. The fourth-order valence-corrected chi connectivity index (χ4v) is 0.312. The summed E-state index contributed by atoms with van der Waals surface area (Å²) in [5.41, 5.74) is 0. The molecule has 0 aromatic carbocycles. The van der Waals surface area contributed by atoms with Crippen LogP contribution in [0.2, 0.25) is 0 Å². The Morgan fingerprint density at radius 1 is 0.455 bits per heavy atom. The Bertz CT molecular complexity index is 201. The van der Waals surface area contributed by atoms with Crippen molar-refractivity contribution in [3.8, 4) is 0 Å². The normalized spacial score (nSPS) is 52.7. The molecule has 58 valence electrons. The molecule has 2 aliphatic rings.